The first-order valence-corrected chi connectivity index (χ1v) is 8.63. The van der Waals surface area contributed by atoms with Gasteiger partial charge in [-0.25, -0.2) is 0 Å². The molecule has 3 heteroatoms. The Morgan fingerprint density at radius 1 is 1.14 bits per heavy atom. The normalized spacial score (nSPS) is 12.8. The quantitative estimate of drug-likeness (QED) is 0.648. The lowest BCUT2D eigenvalue weighted by molar-refractivity contribution is 0.179. The lowest BCUT2D eigenvalue weighted by atomic mass is 9.98. The molecular formula is C18H17BrOS. The third-order valence-corrected chi connectivity index (χ3v) is 6.08. The van der Waals surface area contributed by atoms with Gasteiger partial charge in [0.05, 0.1) is 6.10 Å². The minimum atomic E-state index is -0.464. The van der Waals surface area contributed by atoms with Crippen LogP contribution in [0.25, 0.3) is 10.1 Å². The molecule has 3 aromatic rings. The van der Waals surface area contributed by atoms with Gasteiger partial charge in [0.1, 0.15) is 0 Å². The summed E-state index contributed by atoms with van der Waals surface area (Å²) in [5.74, 6) is 0. The summed E-state index contributed by atoms with van der Waals surface area (Å²) in [6, 6.07) is 12.5. The Bertz CT molecular complexity index is 768. The molecule has 0 bridgehead atoms. The summed E-state index contributed by atoms with van der Waals surface area (Å²) < 4.78 is 2.40. The van der Waals surface area contributed by atoms with E-state index in [1.807, 2.05) is 0 Å². The maximum atomic E-state index is 10.6. The number of rotatable bonds is 3. The van der Waals surface area contributed by atoms with Gasteiger partial charge < -0.3 is 5.11 Å². The molecule has 0 radical (unpaired) electrons. The lowest BCUT2D eigenvalue weighted by Crippen LogP contribution is -2.02. The van der Waals surface area contributed by atoms with Crippen LogP contribution in [0.5, 0.6) is 0 Å². The Labute approximate surface area is 137 Å². The number of hydrogen-bond acceptors (Lipinski definition) is 2. The van der Waals surface area contributed by atoms with Crippen LogP contribution in [0.1, 0.15) is 28.4 Å². The van der Waals surface area contributed by atoms with Crippen molar-refractivity contribution in [2.24, 2.45) is 0 Å². The summed E-state index contributed by atoms with van der Waals surface area (Å²) >= 11 is 5.32. The van der Waals surface area contributed by atoms with E-state index in [9.17, 15) is 5.11 Å². The zero-order chi connectivity index (χ0) is 15.0. The Morgan fingerprint density at radius 2 is 1.81 bits per heavy atom. The van der Waals surface area contributed by atoms with Crippen LogP contribution in [0.3, 0.4) is 0 Å². The van der Waals surface area contributed by atoms with Crippen molar-refractivity contribution in [3.63, 3.8) is 0 Å². The van der Waals surface area contributed by atoms with E-state index in [2.05, 4.69) is 71.6 Å². The Morgan fingerprint density at radius 3 is 2.52 bits per heavy atom. The molecule has 1 atom stereocenters. The average Bonchev–Trinajstić information content (AvgIpc) is 2.87. The molecule has 0 aliphatic rings. The van der Waals surface area contributed by atoms with Crippen LogP contribution in [0.4, 0.5) is 0 Å². The largest absolute Gasteiger partial charge is 0.388 e. The monoisotopic (exact) mass is 360 g/mol. The highest BCUT2D eigenvalue weighted by molar-refractivity contribution is 9.10. The predicted octanol–water partition coefficient (Wildman–Crippen LogP) is 5.56. The minimum absolute atomic E-state index is 0.464. The van der Waals surface area contributed by atoms with Gasteiger partial charge in [0, 0.05) is 15.6 Å². The number of aliphatic hydroxyl groups excluding tert-OH is 1. The summed E-state index contributed by atoms with van der Waals surface area (Å²) in [4.78, 5) is 0. The maximum Gasteiger partial charge on any atom is 0.0831 e. The zero-order valence-corrected chi connectivity index (χ0v) is 14.5. The number of hydrogen-bond donors (Lipinski definition) is 1. The third-order valence-electron chi connectivity index (χ3n) is 3.82. The van der Waals surface area contributed by atoms with Crippen molar-refractivity contribution in [1.82, 2.24) is 0 Å². The smallest absolute Gasteiger partial charge is 0.0831 e. The van der Waals surface area contributed by atoms with Crippen LogP contribution < -0.4 is 0 Å². The molecule has 21 heavy (non-hydrogen) atoms. The third kappa shape index (κ3) is 2.91. The van der Waals surface area contributed by atoms with Crippen LogP contribution >= 0.6 is 27.3 Å². The molecule has 1 N–H and O–H groups in total. The standard InChI is InChI=1S/C18H17BrOS/c1-11-7-13(8-12(2)18(11)19)16(20)9-14-10-21-17-6-4-3-5-15(14)17/h3-8,10,16,20H,9H2,1-2H3. The Balaban J connectivity index is 1.91. The van der Waals surface area contributed by atoms with E-state index in [0.29, 0.717) is 6.42 Å². The summed E-state index contributed by atoms with van der Waals surface area (Å²) in [5.41, 5.74) is 4.54. The van der Waals surface area contributed by atoms with Crippen LogP contribution in [-0.2, 0) is 6.42 Å². The molecular weight excluding hydrogens is 344 g/mol. The highest BCUT2D eigenvalue weighted by atomic mass is 79.9. The van der Waals surface area contributed by atoms with Crippen molar-refractivity contribution < 1.29 is 5.11 Å². The number of aliphatic hydroxyl groups is 1. The molecule has 1 nitrogen and oxygen atoms in total. The van der Waals surface area contributed by atoms with E-state index in [1.165, 1.54) is 26.8 Å². The van der Waals surface area contributed by atoms with E-state index in [4.69, 9.17) is 0 Å². The SMILES string of the molecule is Cc1cc(C(O)Cc2csc3ccccc23)cc(C)c1Br. The second-order valence-corrected chi connectivity index (χ2v) is 7.15. The van der Waals surface area contributed by atoms with Crippen LogP contribution in [0, 0.1) is 13.8 Å². The lowest BCUT2D eigenvalue weighted by Gasteiger charge is -2.14. The molecule has 0 aliphatic carbocycles. The first kappa shape index (κ1) is 14.8. The first-order valence-electron chi connectivity index (χ1n) is 6.96. The van der Waals surface area contributed by atoms with Gasteiger partial charge in [-0.2, -0.15) is 0 Å². The summed E-state index contributed by atoms with van der Waals surface area (Å²) in [7, 11) is 0. The highest BCUT2D eigenvalue weighted by Crippen LogP contribution is 2.31. The molecule has 3 rings (SSSR count). The van der Waals surface area contributed by atoms with E-state index in [-0.39, 0.29) is 0 Å². The van der Waals surface area contributed by atoms with Gasteiger partial charge in [-0.1, -0.05) is 46.3 Å². The molecule has 0 saturated carbocycles. The van der Waals surface area contributed by atoms with Crippen molar-refractivity contribution in [2.45, 2.75) is 26.4 Å². The average molecular weight is 361 g/mol. The maximum absolute atomic E-state index is 10.6. The summed E-state index contributed by atoms with van der Waals surface area (Å²) in [6.07, 6.45) is 0.193. The van der Waals surface area contributed by atoms with Crippen molar-refractivity contribution in [1.29, 1.82) is 0 Å². The van der Waals surface area contributed by atoms with E-state index in [0.717, 1.165) is 10.0 Å². The molecule has 0 amide bonds. The fraction of sp³-hybridized carbons (Fsp3) is 0.222. The van der Waals surface area contributed by atoms with E-state index in [1.54, 1.807) is 11.3 Å². The second-order valence-electron chi connectivity index (χ2n) is 5.45. The number of thiophene rings is 1. The number of aryl methyl sites for hydroxylation is 2. The summed E-state index contributed by atoms with van der Waals surface area (Å²) in [6.45, 7) is 4.13. The second kappa shape index (κ2) is 5.91. The first-order chi connectivity index (χ1) is 10.1. The van der Waals surface area contributed by atoms with Gasteiger partial charge >= 0.3 is 0 Å². The van der Waals surface area contributed by atoms with Crippen LogP contribution in [0.2, 0.25) is 0 Å². The fourth-order valence-corrected chi connectivity index (χ4v) is 3.89. The molecule has 2 aromatic carbocycles. The summed E-state index contributed by atoms with van der Waals surface area (Å²) in [5, 5.41) is 14.0. The van der Waals surface area contributed by atoms with Gasteiger partial charge in [-0.15, -0.1) is 11.3 Å². The molecule has 1 unspecified atom stereocenters. The van der Waals surface area contributed by atoms with E-state index < -0.39 is 6.10 Å². The Hall–Kier alpha value is -1.16. The van der Waals surface area contributed by atoms with Crippen molar-refractivity contribution in [3.8, 4) is 0 Å². The number of fused-ring (bicyclic) bond motifs is 1. The molecule has 1 aromatic heterocycles. The minimum Gasteiger partial charge on any atom is -0.388 e. The van der Waals surface area contributed by atoms with Gasteiger partial charge in [0.25, 0.3) is 0 Å². The molecule has 0 fully saturated rings. The van der Waals surface area contributed by atoms with Crippen molar-refractivity contribution in [3.05, 3.63) is 68.5 Å². The van der Waals surface area contributed by atoms with Crippen molar-refractivity contribution in [2.75, 3.05) is 0 Å². The van der Waals surface area contributed by atoms with Gasteiger partial charge in [0.2, 0.25) is 0 Å². The van der Waals surface area contributed by atoms with Gasteiger partial charge in [-0.05, 0) is 52.9 Å². The molecule has 0 aliphatic heterocycles. The predicted molar refractivity (Wildman–Crippen MR) is 94.1 cm³/mol. The zero-order valence-electron chi connectivity index (χ0n) is 12.1. The van der Waals surface area contributed by atoms with E-state index >= 15 is 0 Å². The highest BCUT2D eigenvalue weighted by Gasteiger charge is 2.14. The topological polar surface area (TPSA) is 20.2 Å². The number of halogens is 1. The van der Waals surface area contributed by atoms with Gasteiger partial charge in [0.15, 0.2) is 0 Å². The van der Waals surface area contributed by atoms with Crippen molar-refractivity contribution >= 4 is 37.4 Å². The Kier molecular flexibility index (Phi) is 4.16. The molecule has 108 valence electrons. The number of benzene rings is 2. The van der Waals surface area contributed by atoms with Crippen LogP contribution in [-0.4, -0.2) is 5.11 Å². The fourth-order valence-electron chi connectivity index (χ4n) is 2.69. The van der Waals surface area contributed by atoms with Gasteiger partial charge in [-0.3, -0.25) is 0 Å². The molecule has 0 spiro atoms. The molecule has 1 heterocycles. The van der Waals surface area contributed by atoms with Crippen LogP contribution in [0.15, 0.2) is 46.3 Å². The molecule has 0 saturated heterocycles.